The Hall–Kier alpha value is -1.63. The SMILES string of the molecule is CCC(C#[N+]c1ncncc1N)CC. The summed E-state index contributed by atoms with van der Waals surface area (Å²) in [5.41, 5.74) is 6.12. The van der Waals surface area contributed by atoms with Crippen molar-refractivity contribution in [2.24, 2.45) is 5.92 Å². The van der Waals surface area contributed by atoms with Crippen LogP contribution in [0.1, 0.15) is 26.7 Å². The van der Waals surface area contributed by atoms with Crippen LogP contribution < -0.4 is 5.73 Å². The van der Waals surface area contributed by atoms with Crippen LogP contribution in [0.3, 0.4) is 0 Å². The van der Waals surface area contributed by atoms with Crippen LogP contribution in [-0.4, -0.2) is 9.97 Å². The highest BCUT2D eigenvalue weighted by Crippen LogP contribution is 2.16. The number of rotatable bonds is 2. The predicted molar refractivity (Wildman–Crippen MR) is 57.4 cm³/mol. The summed E-state index contributed by atoms with van der Waals surface area (Å²) in [4.78, 5) is 11.9. The van der Waals surface area contributed by atoms with E-state index in [1.54, 1.807) is 6.20 Å². The normalized spacial score (nSPS) is 9.64. The van der Waals surface area contributed by atoms with Crippen molar-refractivity contribution in [2.45, 2.75) is 26.7 Å². The Morgan fingerprint density at radius 1 is 1.50 bits per heavy atom. The molecular formula is C10H15N4+. The van der Waals surface area contributed by atoms with E-state index in [0.29, 0.717) is 17.4 Å². The Bertz CT molecular complexity index is 347. The van der Waals surface area contributed by atoms with Crippen LogP contribution in [0, 0.1) is 12.0 Å². The smallest absolute Gasteiger partial charge is 0.390 e. The minimum absolute atomic E-state index is 0.379. The highest BCUT2D eigenvalue weighted by Gasteiger charge is 2.09. The highest BCUT2D eigenvalue weighted by atomic mass is 15.0. The first-order chi connectivity index (χ1) is 6.77. The van der Waals surface area contributed by atoms with Crippen LogP contribution in [0.25, 0.3) is 4.85 Å². The molecule has 0 atom stereocenters. The number of aromatic nitrogens is 2. The van der Waals surface area contributed by atoms with Crippen molar-refractivity contribution < 1.29 is 0 Å². The average molecular weight is 191 g/mol. The lowest BCUT2D eigenvalue weighted by molar-refractivity contribution is 0.626. The molecule has 4 nitrogen and oxygen atoms in total. The van der Waals surface area contributed by atoms with Crippen LogP contribution in [0.5, 0.6) is 0 Å². The number of nitrogens with zero attached hydrogens (tertiary/aromatic N) is 3. The molecule has 1 aromatic rings. The van der Waals surface area contributed by atoms with Gasteiger partial charge in [0.25, 0.3) is 0 Å². The molecule has 2 N–H and O–H groups in total. The number of hydrogen-bond acceptors (Lipinski definition) is 3. The second-order valence-electron chi connectivity index (χ2n) is 3.06. The maximum atomic E-state index is 5.63. The Kier molecular flexibility index (Phi) is 3.86. The van der Waals surface area contributed by atoms with E-state index >= 15 is 0 Å². The van der Waals surface area contributed by atoms with Gasteiger partial charge in [-0.15, -0.1) is 0 Å². The van der Waals surface area contributed by atoms with Gasteiger partial charge in [-0.25, -0.2) is 4.98 Å². The standard InChI is InChI=1S/C10H15N4/c1-3-8(4-2)5-13-10-9(11)6-12-7-14-10/h6-8H,3-4,11H2,1-2H3/q+1. The van der Waals surface area contributed by atoms with Crippen molar-refractivity contribution in [1.29, 1.82) is 0 Å². The van der Waals surface area contributed by atoms with Gasteiger partial charge in [0.15, 0.2) is 11.8 Å². The monoisotopic (exact) mass is 191 g/mol. The third-order valence-corrected chi connectivity index (χ3v) is 2.06. The van der Waals surface area contributed by atoms with Gasteiger partial charge in [0.2, 0.25) is 6.33 Å². The summed E-state index contributed by atoms with van der Waals surface area (Å²) in [5.74, 6) is 0.885. The summed E-state index contributed by atoms with van der Waals surface area (Å²) in [5, 5.41) is 0. The van der Waals surface area contributed by atoms with Crippen LogP contribution in [0.4, 0.5) is 11.5 Å². The maximum absolute atomic E-state index is 5.63. The Morgan fingerprint density at radius 2 is 2.21 bits per heavy atom. The minimum atomic E-state index is 0.379. The third-order valence-electron chi connectivity index (χ3n) is 2.06. The van der Waals surface area contributed by atoms with E-state index in [9.17, 15) is 0 Å². The molecule has 4 heteroatoms. The fraction of sp³-hybridized carbons (Fsp3) is 0.500. The van der Waals surface area contributed by atoms with Gasteiger partial charge in [-0.2, -0.15) is 4.85 Å². The molecule has 0 fully saturated rings. The molecule has 14 heavy (non-hydrogen) atoms. The van der Waals surface area contributed by atoms with Gasteiger partial charge in [0, 0.05) is 0 Å². The molecule has 0 bridgehead atoms. The first kappa shape index (κ1) is 10.5. The summed E-state index contributed by atoms with van der Waals surface area (Å²) >= 11 is 0. The number of hydrogen-bond donors (Lipinski definition) is 1. The fourth-order valence-corrected chi connectivity index (χ4v) is 1.05. The molecule has 0 spiro atoms. The molecule has 1 rings (SSSR count). The summed E-state index contributed by atoms with van der Waals surface area (Å²) in [7, 11) is 0. The molecule has 0 aliphatic carbocycles. The molecular weight excluding hydrogens is 176 g/mol. The summed E-state index contributed by atoms with van der Waals surface area (Å²) < 4.78 is 0. The quantitative estimate of drug-likeness (QED) is 0.781. The summed E-state index contributed by atoms with van der Waals surface area (Å²) in [6.45, 7) is 4.22. The molecule has 0 saturated carbocycles. The zero-order valence-corrected chi connectivity index (χ0v) is 8.57. The molecule has 0 amide bonds. The van der Waals surface area contributed by atoms with E-state index in [4.69, 9.17) is 5.73 Å². The third kappa shape index (κ3) is 2.70. The van der Waals surface area contributed by atoms with Crippen LogP contribution in [-0.2, 0) is 0 Å². The molecule has 1 heterocycles. The van der Waals surface area contributed by atoms with Crippen molar-refractivity contribution >= 4 is 11.5 Å². The number of nitrogen functional groups attached to an aromatic ring is 1. The van der Waals surface area contributed by atoms with E-state index < -0.39 is 0 Å². The second kappa shape index (κ2) is 5.18. The van der Waals surface area contributed by atoms with Gasteiger partial charge in [-0.1, -0.05) is 13.8 Å². The lowest BCUT2D eigenvalue weighted by Gasteiger charge is -1.95. The average Bonchev–Trinajstić information content (AvgIpc) is 2.22. The van der Waals surface area contributed by atoms with Crippen molar-refractivity contribution in [3.05, 3.63) is 17.4 Å². The minimum Gasteiger partial charge on any atom is -0.390 e. The van der Waals surface area contributed by atoms with Gasteiger partial charge in [0.05, 0.1) is 12.1 Å². The lowest BCUT2D eigenvalue weighted by atomic mass is 10.1. The topological polar surface area (TPSA) is 56.2 Å². The zero-order valence-electron chi connectivity index (χ0n) is 8.57. The molecule has 0 aliphatic heterocycles. The highest BCUT2D eigenvalue weighted by molar-refractivity contribution is 5.60. The Labute approximate surface area is 84.0 Å². The van der Waals surface area contributed by atoms with Crippen LogP contribution in [0.15, 0.2) is 12.5 Å². The lowest BCUT2D eigenvalue weighted by Crippen LogP contribution is -1.91. The number of nitrogens with two attached hydrogens (primary N) is 1. The van der Waals surface area contributed by atoms with Crippen LogP contribution >= 0.6 is 0 Å². The van der Waals surface area contributed by atoms with E-state index in [0.717, 1.165) is 12.8 Å². The van der Waals surface area contributed by atoms with Crippen molar-refractivity contribution in [1.82, 2.24) is 9.97 Å². The molecule has 0 saturated heterocycles. The van der Waals surface area contributed by atoms with E-state index in [1.165, 1.54) is 6.33 Å². The molecule has 0 radical (unpaired) electrons. The molecule has 0 unspecified atom stereocenters. The molecule has 74 valence electrons. The zero-order chi connectivity index (χ0) is 10.4. The van der Waals surface area contributed by atoms with Crippen molar-refractivity contribution in [2.75, 3.05) is 5.73 Å². The van der Waals surface area contributed by atoms with Gasteiger partial charge in [0.1, 0.15) is 0 Å². The van der Waals surface area contributed by atoms with Gasteiger partial charge in [-0.05, 0) is 17.8 Å². The Morgan fingerprint density at radius 3 is 2.79 bits per heavy atom. The first-order valence-corrected chi connectivity index (χ1v) is 4.79. The van der Waals surface area contributed by atoms with Crippen LogP contribution in [0.2, 0.25) is 0 Å². The second-order valence-corrected chi connectivity index (χ2v) is 3.06. The van der Waals surface area contributed by atoms with Crippen molar-refractivity contribution in [3.63, 3.8) is 0 Å². The van der Waals surface area contributed by atoms with Crippen molar-refractivity contribution in [3.8, 4) is 6.07 Å². The molecule has 1 aromatic heterocycles. The Balaban J connectivity index is 2.81. The largest absolute Gasteiger partial charge is 0.451 e. The summed E-state index contributed by atoms with van der Waals surface area (Å²) in [6, 6.07) is 3.03. The maximum Gasteiger partial charge on any atom is 0.451 e. The van der Waals surface area contributed by atoms with E-state index in [2.05, 4.69) is 34.7 Å². The van der Waals surface area contributed by atoms with Gasteiger partial charge in [-0.3, -0.25) is 0 Å². The number of anilines is 1. The molecule has 0 aromatic carbocycles. The summed E-state index contributed by atoms with van der Waals surface area (Å²) in [6.07, 6.45) is 5.04. The fourth-order valence-electron chi connectivity index (χ4n) is 1.05. The van der Waals surface area contributed by atoms with Gasteiger partial charge < -0.3 is 5.73 Å². The van der Waals surface area contributed by atoms with E-state index in [-0.39, 0.29) is 0 Å². The predicted octanol–water partition coefficient (Wildman–Crippen LogP) is 2.46. The molecule has 0 aliphatic rings. The first-order valence-electron chi connectivity index (χ1n) is 4.79. The van der Waals surface area contributed by atoms with Gasteiger partial charge >= 0.3 is 5.82 Å². The van der Waals surface area contributed by atoms with E-state index in [1.807, 2.05) is 0 Å².